The Kier molecular flexibility index (Phi) is 5.08. The summed E-state index contributed by atoms with van der Waals surface area (Å²) in [5.74, 6) is -0.0382. The second-order valence-electron chi connectivity index (χ2n) is 4.93. The molecular formula is C14H18Cl2N2O. The van der Waals surface area contributed by atoms with Gasteiger partial charge < -0.3 is 10.6 Å². The lowest BCUT2D eigenvalue weighted by Gasteiger charge is -2.16. The molecule has 1 amide bonds. The Labute approximate surface area is 123 Å². The van der Waals surface area contributed by atoms with E-state index in [9.17, 15) is 4.79 Å². The number of nitrogens with one attached hydrogen (secondary N) is 2. The van der Waals surface area contributed by atoms with E-state index in [4.69, 9.17) is 23.2 Å². The third-order valence-corrected chi connectivity index (χ3v) is 4.10. The van der Waals surface area contributed by atoms with E-state index in [-0.39, 0.29) is 11.9 Å². The van der Waals surface area contributed by atoms with Crippen LogP contribution in [0.25, 0.3) is 0 Å². The first kappa shape index (κ1) is 14.6. The molecule has 1 saturated heterocycles. The lowest BCUT2D eigenvalue weighted by Crippen LogP contribution is -2.39. The van der Waals surface area contributed by atoms with Gasteiger partial charge in [0.1, 0.15) is 0 Å². The summed E-state index contributed by atoms with van der Waals surface area (Å²) in [6.45, 7) is 2.77. The normalized spacial score (nSPS) is 19.8. The highest BCUT2D eigenvalue weighted by Gasteiger charge is 2.20. The van der Waals surface area contributed by atoms with Crippen molar-refractivity contribution in [3.05, 3.63) is 27.7 Å². The smallest absolute Gasteiger partial charge is 0.241 e. The highest BCUT2D eigenvalue weighted by Crippen LogP contribution is 2.29. The molecule has 0 radical (unpaired) electrons. The molecule has 0 saturated carbocycles. The predicted molar refractivity (Wildman–Crippen MR) is 80.1 cm³/mol. The van der Waals surface area contributed by atoms with Crippen LogP contribution in [0.3, 0.4) is 0 Å². The third-order valence-electron chi connectivity index (χ3n) is 3.38. The molecule has 0 spiro atoms. The molecule has 104 valence electrons. The van der Waals surface area contributed by atoms with E-state index in [1.807, 2.05) is 6.92 Å². The molecule has 1 unspecified atom stereocenters. The molecule has 2 rings (SSSR count). The predicted octanol–water partition coefficient (Wildman–Crippen LogP) is 3.77. The molecule has 1 aromatic rings. The van der Waals surface area contributed by atoms with Gasteiger partial charge in [-0.05, 0) is 44.0 Å². The molecular weight excluding hydrogens is 283 g/mol. The molecule has 3 nitrogen and oxygen atoms in total. The Hall–Kier alpha value is -0.770. The Balaban J connectivity index is 2.07. The summed E-state index contributed by atoms with van der Waals surface area (Å²) in [6, 6.07) is 3.33. The molecule has 1 aromatic carbocycles. The Morgan fingerprint density at radius 2 is 2.05 bits per heavy atom. The Morgan fingerprint density at radius 3 is 2.84 bits per heavy atom. The number of hydrogen-bond donors (Lipinski definition) is 2. The summed E-state index contributed by atoms with van der Waals surface area (Å²) in [7, 11) is 0. The maximum Gasteiger partial charge on any atom is 0.241 e. The van der Waals surface area contributed by atoms with Gasteiger partial charge in [-0.3, -0.25) is 4.79 Å². The van der Waals surface area contributed by atoms with Crippen LogP contribution in [0.4, 0.5) is 5.69 Å². The lowest BCUT2D eigenvalue weighted by atomic mass is 10.1. The second kappa shape index (κ2) is 6.60. The molecule has 5 heteroatoms. The number of halogens is 2. The van der Waals surface area contributed by atoms with Crippen molar-refractivity contribution in [3.8, 4) is 0 Å². The van der Waals surface area contributed by atoms with Gasteiger partial charge >= 0.3 is 0 Å². The van der Waals surface area contributed by atoms with Crippen LogP contribution in [0.2, 0.25) is 10.0 Å². The van der Waals surface area contributed by atoms with E-state index in [0.717, 1.165) is 31.4 Å². The van der Waals surface area contributed by atoms with Crippen molar-refractivity contribution < 1.29 is 4.79 Å². The molecule has 19 heavy (non-hydrogen) atoms. The minimum Gasteiger partial charge on any atom is -0.323 e. The summed E-state index contributed by atoms with van der Waals surface area (Å²) in [4.78, 5) is 12.2. The fourth-order valence-corrected chi connectivity index (χ4v) is 2.64. The molecule has 0 aromatic heterocycles. The lowest BCUT2D eigenvalue weighted by molar-refractivity contribution is -0.118. The van der Waals surface area contributed by atoms with E-state index in [0.29, 0.717) is 15.7 Å². The van der Waals surface area contributed by atoms with Crippen LogP contribution in [-0.2, 0) is 4.79 Å². The second-order valence-corrected chi connectivity index (χ2v) is 5.74. The van der Waals surface area contributed by atoms with Crippen LogP contribution in [0.15, 0.2) is 12.1 Å². The van der Waals surface area contributed by atoms with Crippen LogP contribution in [-0.4, -0.2) is 18.5 Å². The van der Waals surface area contributed by atoms with E-state index >= 15 is 0 Å². The zero-order valence-corrected chi connectivity index (χ0v) is 12.4. The van der Waals surface area contributed by atoms with Gasteiger partial charge in [0.05, 0.1) is 16.8 Å². The van der Waals surface area contributed by atoms with Gasteiger partial charge in [-0.25, -0.2) is 0 Å². The highest BCUT2D eigenvalue weighted by molar-refractivity contribution is 6.36. The van der Waals surface area contributed by atoms with Crippen molar-refractivity contribution >= 4 is 34.8 Å². The van der Waals surface area contributed by atoms with Crippen molar-refractivity contribution in [3.63, 3.8) is 0 Å². The van der Waals surface area contributed by atoms with Gasteiger partial charge in [0, 0.05) is 5.02 Å². The summed E-state index contributed by atoms with van der Waals surface area (Å²) < 4.78 is 0. The minimum absolute atomic E-state index is 0.0382. The zero-order valence-electron chi connectivity index (χ0n) is 10.9. The van der Waals surface area contributed by atoms with Crippen LogP contribution < -0.4 is 10.6 Å². The van der Waals surface area contributed by atoms with E-state index in [1.54, 1.807) is 12.1 Å². The van der Waals surface area contributed by atoms with Crippen molar-refractivity contribution in [2.45, 2.75) is 38.6 Å². The maximum atomic E-state index is 12.2. The highest BCUT2D eigenvalue weighted by atomic mass is 35.5. The number of carbonyl (C=O) groups excluding carboxylic acids is 1. The molecule has 1 aliphatic heterocycles. The molecule has 1 fully saturated rings. The van der Waals surface area contributed by atoms with Crippen molar-refractivity contribution in [2.24, 2.45) is 0 Å². The fraction of sp³-hybridized carbons (Fsp3) is 0.500. The van der Waals surface area contributed by atoms with Crippen molar-refractivity contribution in [2.75, 3.05) is 11.9 Å². The van der Waals surface area contributed by atoms with Gasteiger partial charge in [-0.2, -0.15) is 0 Å². The number of benzene rings is 1. The van der Waals surface area contributed by atoms with Crippen LogP contribution in [0.5, 0.6) is 0 Å². The number of hydrogen-bond acceptors (Lipinski definition) is 2. The minimum atomic E-state index is -0.140. The average molecular weight is 301 g/mol. The third kappa shape index (κ3) is 3.85. The molecule has 1 heterocycles. The van der Waals surface area contributed by atoms with E-state index in [1.165, 1.54) is 6.42 Å². The van der Waals surface area contributed by atoms with Gasteiger partial charge in [-0.15, -0.1) is 0 Å². The first-order chi connectivity index (χ1) is 9.08. The van der Waals surface area contributed by atoms with Crippen molar-refractivity contribution in [1.29, 1.82) is 0 Å². The topological polar surface area (TPSA) is 41.1 Å². The number of amides is 1. The summed E-state index contributed by atoms with van der Waals surface area (Å²) in [5, 5.41) is 7.24. The van der Waals surface area contributed by atoms with Crippen LogP contribution in [0.1, 0.15) is 31.2 Å². The molecule has 0 bridgehead atoms. The van der Waals surface area contributed by atoms with E-state index in [2.05, 4.69) is 10.6 Å². The zero-order chi connectivity index (χ0) is 13.8. The number of anilines is 1. The summed E-state index contributed by atoms with van der Waals surface area (Å²) in [6.07, 6.45) is 4.24. The van der Waals surface area contributed by atoms with Gasteiger partial charge in [0.25, 0.3) is 0 Å². The number of carbonyl (C=O) groups is 1. The van der Waals surface area contributed by atoms with Gasteiger partial charge in [0.15, 0.2) is 0 Å². The monoisotopic (exact) mass is 300 g/mol. The van der Waals surface area contributed by atoms with Crippen LogP contribution >= 0.6 is 23.2 Å². The fourth-order valence-electron chi connectivity index (χ4n) is 2.21. The summed E-state index contributed by atoms with van der Waals surface area (Å²) in [5.41, 5.74) is 1.48. The van der Waals surface area contributed by atoms with Gasteiger partial charge in [0.2, 0.25) is 5.91 Å². The van der Waals surface area contributed by atoms with Crippen molar-refractivity contribution in [1.82, 2.24) is 5.32 Å². The Bertz CT molecular complexity index is 469. The van der Waals surface area contributed by atoms with E-state index < -0.39 is 0 Å². The van der Waals surface area contributed by atoms with Crippen LogP contribution in [0, 0.1) is 6.92 Å². The molecule has 1 atom stereocenters. The summed E-state index contributed by atoms with van der Waals surface area (Å²) >= 11 is 12.2. The first-order valence-corrected chi connectivity index (χ1v) is 7.33. The SMILES string of the molecule is Cc1cc(Cl)c(NC(=O)C2CCCCCN2)cc1Cl. The molecule has 1 aliphatic rings. The Morgan fingerprint density at radius 1 is 1.26 bits per heavy atom. The number of rotatable bonds is 2. The van der Waals surface area contributed by atoms with Gasteiger partial charge in [-0.1, -0.05) is 36.0 Å². The first-order valence-electron chi connectivity index (χ1n) is 6.58. The maximum absolute atomic E-state index is 12.2. The quantitative estimate of drug-likeness (QED) is 0.873. The molecule has 0 aliphatic carbocycles. The average Bonchev–Trinajstić information content (AvgIpc) is 2.64. The molecule has 2 N–H and O–H groups in total. The largest absolute Gasteiger partial charge is 0.323 e. The standard InChI is InChI=1S/C14H18Cl2N2O/c1-9-7-11(16)13(8-10(9)15)18-14(19)12-5-3-2-4-6-17-12/h7-8,12,17H,2-6H2,1H3,(H,18,19). The number of aryl methyl sites for hydroxylation is 1.